The third-order valence-corrected chi connectivity index (χ3v) is 6.24. The normalized spacial score (nSPS) is 18.6. The second-order valence-electron chi connectivity index (χ2n) is 7.50. The van der Waals surface area contributed by atoms with Crippen LogP contribution in [0.15, 0.2) is 77.5 Å². The average Bonchev–Trinajstić information content (AvgIpc) is 3.23. The van der Waals surface area contributed by atoms with Crippen molar-refractivity contribution in [3.63, 3.8) is 0 Å². The van der Waals surface area contributed by atoms with Crippen molar-refractivity contribution in [2.75, 3.05) is 19.6 Å². The Balaban J connectivity index is 1.42. The number of rotatable bonds is 7. The Kier molecular flexibility index (Phi) is 6.36. The zero-order valence-electron chi connectivity index (χ0n) is 15.8. The van der Waals surface area contributed by atoms with Crippen molar-refractivity contribution >= 4 is 11.3 Å². The van der Waals surface area contributed by atoms with Crippen molar-refractivity contribution in [3.8, 4) is 0 Å². The SMILES string of the molecule is c1ccc(CN2CCN(Cc3ccccc3)C(CCc3ccsc3)C2)cc1. The third kappa shape index (κ3) is 5.29. The summed E-state index contributed by atoms with van der Waals surface area (Å²) in [6.45, 7) is 5.59. The van der Waals surface area contributed by atoms with Gasteiger partial charge in [-0.1, -0.05) is 60.7 Å². The van der Waals surface area contributed by atoms with E-state index in [1.165, 1.54) is 29.5 Å². The lowest BCUT2D eigenvalue weighted by atomic mass is 10.0. The quantitative estimate of drug-likeness (QED) is 0.568. The van der Waals surface area contributed by atoms with Gasteiger partial charge in [-0.3, -0.25) is 9.80 Å². The van der Waals surface area contributed by atoms with E-state index >= 15 is 0 Å². The molecule has 0 spiro atoms. The molecular formula is C24H28N2S. The maximum atomic E-state index is 2.70. The first-order valence-electron chi connectivity index (χ1n) is 9.92. The summed E-state index contributed by atoms with van der Waals surface area (Å²) in [5.41, 5.74) is 4.33. The van der Waals surface area contributed by atoms with Crippen molar-refractivity contribution < 1.29 is 0 Å². The van der Waals surface area contributed by atoms with Crippen LogP contribution in [0.4, 0.5) is 0 Å². The minimum absolute atomic E-state index is 0.613. The highest BCUT2D eigenvalue weighted by Crippen LogP contribution is 2.21. The van der Waals surface area contributed by atoms with Gasteiger partial charge in [-0.25, -0.2) is 0 Å². The number of nitrogens with zero attached hydrogens (tertiary/aromatic N) is 2. The number of benzene rings is 2. The molecule has 1 saturated heterocycles. The Morgan fingerprint density at radius 3 is 2.15 bits per heavy atom. The largest absolute Gasteiger partial charge is 0.296 e. The summed E-state index contributed by atoms with van der Waals surface area (Å²) in [5, 5.41) is 4.49. The molecule has 2 heterocycles. The van der Waals surface area contributed by atoms with Gasteiger partial charge < -0.3 is 0 Å². The summed E-state index contributed by atoms with van der Waals surface area (Å²) >= 11 is 1.81. The highest BCUT2D eigenvalue weighted by molar-refractivity contribution is 7.07. The van der Waals surface area contributed by atoms with Gasteiger partial charge in [0.15, 0.2) is 0 Å². The van der Waals surface area contributed by atoms with E-state index in [1.807, 2.05) is 11.3 Å². The predicted octanol–water partition coefficient (Wildman–Crippen LogP) is 5.07. The Morgan fingerprint density at radius 2 is 1.48 bits per heavy atom. The van der Waals surface area contributed by atoms with Crippen molar-refractivity contribution in [2.45, 2.75) is 32.0 Å². The van der Waals surface area contributed by atoms with Crippen molar-refractivity contribution in [2.24, 2.45) is 0 Å². The van der Waals surface area contributed by atoms with Gasteiger partial charge in [0.2, 0.25) is 0 Å². The molecule has 1 unspecified atom stereocenters. The Hall–Kier alpha value is -1.94. The van der Waals surface area contributed by atoms with Gasteiger partial charge in [0.1, 0.15) is 0 Å². The molecule has 1 aliphatic rings. The van der Waals surface area contributed by atoms with E-state index in [1.54, 1.807) is 0 Å². The molecule has 2 nitrogen and oxygen atoms in total. The topological polar surface area (TPSA) is 6.48 Å². The molecule has 0 saturated carbocycles. The molecule has 4 rings (SSSR count). The van der Waals surface area contributed by atoms with Gasteiger partial charge >= 0.3 is 0 Å². The van der Waals surface area contributed by atoms with Crippen LogP contribution in [0.2, 0.25) is 0 Å². The smallest absolute Gasteiger partial charge is 0.0237 e. The molecular weight excluding hydrogens is 348 g/mol. The van der Waals surface area contributed by atoms with Crippen LogP contribution in [-0.2, 0) is 19.5 Å². The van der Waals surface area contributed by atoms with Crippen LogP contribution in [0.25, 0.3) is 0 Å². The summed E-state index contributed by atoms with van der Waals surface area (Å²) in [5.74, 6) is 0. The van der Waals surface area contributed by atoms with Crippen LogP contribution in [-0.4, -0.2) is 35.5 Å². The fourth-order valence-electron chi connectivity index (χ4n) is 4.01. The molecule has 0 bridgehead atoms. The van der Waals surface area contributed by atoms with Crippen LogP contribution in [0.3, 0.4) is 0 Å². The maximum absolute atomic E-state index is 2.70. The van der Waals surface area contributed by atoms with E-state index in [9.17, 15) is 0 Å². The number of aryl methyl sites for hydroxylation is 1. The predicted molar refractivity (Wildman–Crippen MR) is 115 cm³/mol. The second-order valence-corrected chi connectivity index (χ2v) is 8.28. The molecule has 0 amide bonds. The van der Waals surface area contributed by atoms with Crippen LogP contribution < -0.4 is 0 Å². The van der Waals surface area contributed by atoms with Gasteiger partial charge in [-0.15, -0.1) is 0 Å². The van der Waals surface area contributed by atoms with E-state index in [0.29, 0.717) is 6.04 Å². The summed E-state index contributed by atoms with van der Waals surface area (Å²) < 4.78 is 0. The summed E-state index contributed by atoms with van der Waals surface area (Å²) in [6, 6.07) is 24.7. The number of thiophene rings is 1. The van der Waals surface area contributed by atoms with Crippen molar-refractivity contribution in [1.82, 2.24) is 9.80 Å². The molecule has 0 N–H and O–H groups in total. The molecule has 1 fully saturated rings. The van der Waals surface area contributed by atoms with Crippen molar-refractivity contribution in [1.29, 1.82) is 0 Å². The summed E-state index contributed by atoms with van der Waals surface area (Å²) in [4.78, 5) is 5.33. The monoisotopic (exact) mass is 376 g/mol. The lowest BCUT2D eigenvalue weighted by Crippen LogP contribution is -2.52. The van der Waals surface area contributed by atoms with E-state index < -0.39 is 0 Å². The van der Waals surface area contributed by atoms with E-state index in [0.717, 1.165) is 32.7 Å². The minimum atomic E-state index is 0.613. The standard InChI is InChI=1S/C24H28N2S/c1-3-7-21(8-4-1)17-25-14-15-26(18-22-9-5-2-6-10-22)24(19-25)12-11-23-13-16-27-20-23/h1-10,13,16,20,24H,11-12,14-15,17-19H2. The van der Waals surface area contributed by atoms with Gasteiger partial charge in [-0.05, 0) is 46.4 Å². The first-order valence-corrected chi connectivity index (χ1v) is 10.9. The zero-order chi connectivity index (χ0) is 18.3. The van der Waals surface area contributed by atoms with E-state index in [-0.39, 0.29) is 0 Å². The highest BCUT2D eigenvalue weighted by atomic mass is 32.1. The number of hydrogen-bond donors (Lipinski definition) is 0. The van der Waals surface area contributed by atoms with Crippen LogP contribution in [0.1, 0.15) is 23.1 Å². The Morgan fingerprint density at radius 1 is 0.778 bits per heavy atom. The fraction of sp³-hybridized carbons (Fsp3) is 0.333. The molecule has 3 heteroatoms. The molecule has 2 aromatic carbocycles. The zero-order valence-corrected chi connectivity index (χ0v) is 16.7. The van der Waals surface area contributed by atoms with E-state index in [2.05, 4.69) is 87.3 Å². The number of hydrogen-bond acceptors (Lipinski definition) is 3. The van der Waals surface area contributed by atoms with Crippen molar-refractivity contribution in [3.05, 3.63) is 94.2 Å². The van der Waals surface area contributed by atoms with Gasteiger partial charge in [-0.2, -0.15) is 11.3 Å². The fourth-order valence-corrected chi connectivity index (χ4v) is 4.71. The summed E-state index contributed by atoms with van der Waals surface area (Å²) in [7, 11) is 0. The molecule has 3 aromatic rings. The lowest BCUT2D eigenvalue weighted by molar-refractivity contribution is 0.0597. The van der Waals surface area contributed by atoms with Crippen LogP contribution >= 0.6 is 11.3 Å². The molecule has 27 heavy (non-hydrogen) atoms. The van der Waals surface area contributed by atoms with E-state index in [4.69, 9.17) is 0 Å². The highest BCUT2D eigenvalue weighted by Gasteiger charge is 2.26. The third-order valence-electron chi connectivity index (χ3n) is 5.51. The lowest BCUT2D eigenvalue weighted by Gasteiger charge is -2.42. The minimum Gasteiger partial charge on any atom is -0.296 e. The van der Waals surface area contributed by atoms with Gasteiger partial charge in [0.25, 0.3) is 0 Å². The first-order chi connectivity index (χ1) is 13.4. The molecule has 0 aliphatic carbocycles. The second kappa shape index (κ2) is 9.32. The maximum Gasteiger partial charge on any atom is 0.0237 e. The first kappa shape index (κ1) is 18.4. The summed E-state index contributed by atoms with van der Waals surface area (Å²) in [6.07, 6.45) is 2.41. The number of piperazine rings is 1. The molecule has 140 valence electrons. The Bertz CT molecular complexity index is 786. The average molecular weight is 377 g/mol. The Labute approximate surface area is 167 Å². The molecule has 1 aromatic heterocycles. The molecule has 0 radical (unpaired) electrons. The van der Waals surface area contributed by atoms with Gasteiger partial charge in [0, 0.05) is 38.8 Å². The molecule has 1 aliphatic heterocycles. The van der Waals surface area contributed by atoms with Gasteiger partial charge in [0.05, 0.1) is 0 Å². The van der Waals surface area contributed by atoms with Crippen LogP contribution in [0.5, 0.6) is 0 Å². The van der Waals surface area contributed by atoms with Crippen LogP contribution in [0, 0.1) is 0 Å². The molecule has 1 atom stereocenters.